The number of hydrogen-bond acceptors (Lipinski definition) is 8. The fourth-order valence-electron chi connectivity index (χ4n) is 8.84. The van der Waals surface area contributed by atoms with E-state index >= 15 is 0 Å². The van der Waals surface area contributed by atoms with Gasteiger partial charge in [-0.1, -0.05) is 168 Å². The molecule has 0 atom stereocenters. The molecule has 0 aliphatic carbocycles. The van der Waals surface area contributed by atoms with E-state index in [-0.39, 0.29) is 10.8 Å². The highest BCUT2D eigenvalue weighted by atomic mass is 31.2. The van der Waals surface area contributed by atoms with Crippen LogP contribution < -0.4 is 27.6 Å². The van der Waals surface area contributed by atoms with Crippen LogP contribution in [0.3, 0.4) is 0 Å². The van der Waals surface area contributed by atoms with Crippen molar-refractivity contribution < 1.29 is 36.0 Å². The van der Waals surface area contributed by atoms with E-state index in [9.17, 15) is 0 Å². The van der Waals surface area contributed by atoms with Gasteiger partial charge in [-0.2, -0.15) is 0 Å². The van der Waals surface area contributed by atoms with Crippen molar-refractivity contribution in [1.29, 1.82) is 0 Å². The highest BCUT2D eigenvalue weighted by Crippen LogP contribution is 2.61. The lowest BCUT2D eigenvalue weighted by Gasteiger charge is -2.28. The SMILES string of the molecule is COc1cc(-c2cc(OC)cc(C(C)(C)C)c2Op2oc3c(C(C)(C)C)cccc3c3cccc(C(C)(C)C)c3o2)c(OP2Oc3c(c4ccccc4c4ccccc34)O2)c(C(C)(C)C)c1. The Hall–Kier alpha value is -5.81. The first-order valence-corrected chi connectivity index (χ1v) is 24.7. The maximum Gasteiger partial charge on any atom is 0.530 e. The van der Waals surface area contributed by atoms with Gasteiger partial charge in [0.15, 0.2) is 11.5 Å². The van der Waals surface area contributed by atoms with Gasteiger partial charge < -0.3 is 36.0 Å². The second kappa shape index (κ2) is 16.5. The van der Waals surface area contributed by atoms with Crippen LogP contribution in [-0.4, -0.2) is 14.2 Å². The lowest BCUT2D eigenvalue weighted by Crippen LogP contribution is -2.15. The van der Waals surface area contributed by atoms with Crippen LogP contribution in [0.1, 0.15) is 105 Å². The minimum absolute atomic E-state index is 0.249. The third kappa shape index (κ3) is 8.22. The first-order valence-electron chi connectivity index (χ1n) is 22.5. The van der Waals surface area contributed by atoms with Crippen molar-refractivity contribution in [3.8, 4) is 45.6 Å². The monoisotopic (exact) mass is 922 g/mol. The normalized spacial score (nSPS) is 13.5. The maximum atomic E-state index is 7.41. The summed E-state index contributed by atoms with van der Waals surface area (Å²) >= 11 is 0. The summed E-state index contributed by atoms with van der Waals surface area (Å²) in [7, 11) is -0.778. The van der Waals surface area contributed by atoms with Crippen LogP contribution in [0, 0.1) is 0 Å². The number of fused-ring (bicyclic) bond motifs is 9. The van der Waals surface area contributed by atoms with Crippen LogP contribution in [0.25, 0.3) is 54.6 Å². The summed E-state index contributed by atoms with van der Waals surface area (Å²) in [5.41, 5.74) is 5.41. The molecule has 0 unspecified atom stereocenters. The molecular weight excluding hydrogens is 863 g/mol. The first kappa shape index (κ1) is 45.4. The molecule has 7 aromatic carbocycles. The molecule has 8 aromatic rings. The molecule has 1 aliphatic rings. The first-order chi connectivity index (χ1) is 31.1. The molecule has 1 aromatic heterocycles. The fraction of sp³-hybridized carbons (Fsp3) is 0.321. The van der Waals surface area contributed by atoms with Gasteiger partial charge in [0.2, 0.25) is 0 Å². The van der Waals surface area contributed by atoms with Gasteiger partial charge in [-0.25, -0.2) is 0 Å². The van der Waals surface area contributed by atoms with Crippen LogP contribution in [0.5, 0.6) is 34.5 Å². The van der Waals surface area contributed by atoms with E-state index in [4.69, 9.17) is 36.0 Å². The molecule has 342 valence electrons. The van der Waals surface area contributed by atoms with E-state index in [0.29, 0.717) is 45.6 Å². The molecule has 9 rings (SSSR count). The Morgan fingerprint density at radius 2 is 0.758 bits per heavy atom. The molecule has 0 radical (unpaired) electrons. The number of hydrogen-bond donors (Lipinski definition) is 0. The largest absolute Gasteiger partial charge is 0.530 e. The second-order valence-electron chi connectivity index (χ2n) is 21.2. The Bertz CT molecular complexity index is 3090. The molecule has 66 heavy (non-hydrogen) atoms. The van der Waals surface area contributed by atoms with Gasteiger partial charge in [-0.05, 0) is 56.7 Å². The van der Waals surface area contributed by atoms with Gasteiger partial charge in [0.25, 0.3) is 0 Å². The Labute approximate surface area is 390 Å². The summed E-state index contributed by atoms with van der Waals surface area (Å²) in [4.78, 5) is 0. The van der Waals surface area contributed by atoms with Crippen molar-refractivity contribution in [2.45, 2.75) is 105 Å². The fourth-order valence-corrected chi connectivity index (χ4v) is 11.1. The highest BCUT2D eigenvalue weighted by Gasteiger charge is 2.38. The molecule has 0 amide bonds. The van der Waals surface area contributed by atoms with Gasteiger partial charge in [0.05, 0.1) is 14.2 Å². The topological polar surface area (TPSA) is 81.7 Å². The number of benzene rings is 7. The molecule has 0 bridgehead atoms. The Morgan fingerprint density at radius 3 is 1.14 bits per heavy atom. The van der Waals surface area contributed by atoms with E-state index in [1.807, 2.05) is 48.5 Å². The Balaban J connectivity index is 1.31. The standard InChI is InChI=1S/C56H60O8P2/c1-53(2,3)43-27-19-25-39-40-26-20-28-44(54(4,5)6)48(40)60-65(59-47(39)43)61-49-41(29-33(57-13)31-45(49)55(7,8)9)42-30-34(58-14)32-46(56(10,11)12)50(42)62-66-63-51-37-23-17-15-21-35(37)36-22-16-18-24-38(36)52(51)64-66/h15-32H,1-14H3. The van der Waals surface area contributed by atoms with Crippen LogP contribution in [0.4, 0.5) is 0 Å². The number of para-hydroxylation sites is 2. The van der Waals surface area contributed by atoms with Gasteiger partial charge in [-0.15, -0.1) is 0 Å². The van der Waals surface area contributed by atoms with Crippen molar-refractivity contribution in [3.05, 3.63) is 131 Å². The van der Waals surface area contributed by atoms with Gasteiger partial charge in [0, 0.05) is 54.9 Å². The molecule has 0 saturated heterocycles. The average Bonchev–Trinajstić information content (AvgIpc) is 3.62. The summed E-state index contributed by atoms with van der Waals surface area (Å²) in [5.74, 6) is 3.77. The van der Waals surface area contributed by atoms with Crippen molar-refractivity contribution in [1.82, 2.24) is 0 Å². The predicted molar refractivity (Wildman–Crippen MR) is 272 cm³/mol. The van der Waals surface area contributed by atoms with Crippen LogP contribution in [0.2, 0.25) is 0 Å². The Kier molecular flexibility index (Phi) is 11.3. The molecule has 8 nitrogen and oxygen atoms in total. The Morgan fingerprint density at radius 1 is 0.394 bits per heavy atom. The third-order valence-corrected chi connectivity index (χ3v) is 14.3. The average molecular weight is 923 g/mol. The zero-order valence-corrected chi connectivity index (χ0v) is 42.3. The third-order valence-electron chi connectivity index (χ3n) is 12.3. The number of rotatable bonds is 7. The number of ether oxygens (including phenoxy) is 2. The molecular formula is C56H60O8P2. The lowest BCUT2D eigenvalue weighted by atomic mass is 9.81. The van der Waals surface area contributed by atoms with E-state index in [1.165, 1.54) is 0 Å². The lowest BCUT2D eigenvalue weighted by molar-refractivity contribution is 0.405. The molecule has 1 aliphatic heterocycles. The molecule has 0 saturated carbocycles. The molecule has 0 fully saturated rings. The van der Waals surface area contributed by atoms with Crippen LogP contribution in [-0.2, 0) is 21.7 Å². The van der Waals surface area contributed by atoms with Crippen molar-refractivity contribution in [3.63, 3.8) is 0 Å². The zero-order chi connectivity index (χ0) is 47.1. The van der Waals surface area contributed by atoms with E-state index < -0.39 is 27.7 Å². The van der Waals surface area contributed by atoms with Crippen molar-refractivity contribution >= 4 is 60.3 Å². The molecule has 0 N–H and O–H groups in total. The molecule has 2 heterocycles. The van der Waals surface area contributed by atoms with Crippen molar-refractivity contribution in [2.75, 3.05) is 14.2 Å². The predicted octanol–water partition coefficient (Wildman–Crippen LogP) is 17.4. The van der Waals surface area contributed by atoms with E-state index in [0.717, 1.165) is 65.7 Å². The van der Waals surface area contributed by atoms with E-state index in [1.54, 1.807) is 14.2 Å². The quantitative estimate of drug-likeness (QED) is 0.115. The maximum absolute atomic E-state index is 7.41. The minimum Gasteiger partial charge on any atom is -0.497 e. The molecule has 10 heteroatoms. The van der Waals surface area contributed by atoms with Crippen LogP contribution >= 0.6 is 16.8 Å². The molecule has 0 spiro atoms. The summed E-state index contributed by atoms with van der Waals surface area (Å²) in [6, 6.07) is 37.3. The summed E-state index contributed by atoms with van der Waals surface area (Å²) in [6.07, 6.45) is 0. The summed E-state index contributed by atoms with van der Waals surface area (Å²) in [6.45, 7) is 26.2. The van der Waals surface area contributed by atoms with Crippen LogP contribution in [0.15, 0.2) is 118 Å². The van der Waals surface area contributed by atoms with Gasteiger partial charge in [0.1, 0.15) is 34.2 Å². The van der Waals surface area contributed by atoms with E-state index in [2.05, 4.69) is 144 Å². The summed E-state index contributed by atoms with van der Waals surface area (Å²) < 4.78 is 54.6. The summed E-state index contributed by atoms with van der Waals surface area (Å²) in [5, 5.41) is 6.01. The minimum atomic E-state index is -2.15. The van der Waals surface area contributed by atoms with Gasteiger partial charge >= 0.3 is 16.8 Å². The zero-order valence-electron chi connectivity index (χ0n) is 40.6. The van der Waals surface area contributed by atoms with Crippen molar-refractivity contribution in [2.24, 2.45) is 0 Å². The number of methoxy groups -OCH3 is 2. The smallest absolute Gasteiger partial charge is 0.497 e. The highest BCUT2D eigenvalue weighted by molar-refractivity contribution is 7.43. The second-order valence-corrected chi connectivity index (χ2v) is 23.2. The van der Waals surface area contributed by atoms with Gasteiger partial charge in [-0.3, -0.25) is 0 Å².